The standard InChI is InChI=1S/C11H13BrN2/c1-8-3-4-10(11(12)5-8)7-14-9(2)6-13/h3-5,9,14H,7H2,1-2H3. The van der Waals surface area contributed by atoms with Crippen LogP contribution in [-0.2, 0) is 6.54 Å². The summed E-state index contributed by atoms with van der Waals surface area (Å²) >= 11 is 3.50. The number of nitrogens with one attached hydrogen (secondary N) is 1. The molecule has 0 radical (unpaired) electrons. The number of nitrogens with zero attached hydrogens (tertiary/aromatic N) is 1. The molecule has 0 fully saturated rings. The Balaban J connectivity index is 2.64. The largest absolute Gasteiger partial charge is 0.298 e. The van der Waals surface area contributed by atoms with E-state index in [9.17, 15) is 0 Å². The predicted molar refractivity (Wildman–Crippen MR) is 60.8 cm³/mol. The first-order valence-corrected chi connectivity index (χ1v) is 5.31. The number of hydrogen-bond donors (Lipinski definition) is 1. The third-order valence-electron chi connectivity index (χ3n) is 2.00. The average molecular weight is 253 g/mol. The van der Waals surface area contributed by atoms with E-state index < -0.39 is 0 Å². The lowest BCUT2D eigenvalue weighted by atomic mass is 10.1. The number of rotatable bonds is 3. The van der Waals surface area contributed by atoms with E-state index in [0.717, 1.165) is 11.0 Å². The number of hydrogen-bond acceptors (Lipinski definition) is 2. The molecular weight excluding hydrogens is 240 g/mol. The average Bonchev–Trinajstić information content (AvgIpc) is 2.16. The molecule has 3 heteroatoms. The maximum absolute atomic E-state index is 8.60. The van der Waals surface area contributed by atoms with Gasteiger partial charge in [-0.1, -0.05) is 28.1 Å². The van der Waals surface area contributed by atoms with Crippen LogP contribution in [0.1, 0.15) is 18.1 Å². The fraction of sp³-hybridized carbons (Fsp3) is 0.364. The highest BCUT2D eigenvalue weighted by Gasteiger charge is 2.02. The number of benzene rings is 1. The first-order chi connectivity index (χ1) is 6.63. The second-order valence-electron chi connectivity index (χ2n) is 3.33. The summed E-state index contributed by atoms with van der Waals surface area (Å²) in [6, 6.07) is 8.24. The van der Waals surface area contributed by atoms with Crippen molar-refractivity contribution in [1.82, 2.24) is 5.32 Å². The van der Waals surface area contributed by atoms with E-state index in [0.29, 0.717) is 0 Å². The molecule has 14 heavy (non-hydrogen) atoms. The molecule has 0 spiro atoms. The van der Waals surface area contributed by atoms with Crippen LogP contribution in [0, 0.1) is 18.3 Å². The molecule has 0 saturated heterocycles. The van der Waals surface area contributed by atoms with Gasteiger partial charge in [0.05, 0.1) is 12.1 Å². The van der Waals surface area contributed by atoms with Crippen LogP contribution in [-0.4, -0.2) is 6.04 Å². The van der Waals surface area contributed by atoms with Gasteiger partial charge in [-0.3, -0.25) is 5.32 Å². The minimum atomic E-state index is -0.108. The Morgan fingerprint density at radius 2 is 2.29 bits per heavy atom. The molecule has 2 nitrogen and oxygen atoms in total. The molecule has 0 aliphatic heterocycles. The predicted octanol–water partition coefficient (Wildman–Crippen LogP) is 2.76. The van der Waals surface area contributed by atoms with Crippen molar-refractivity contribution < 1.29 is 0 Å². The molecule has 0 bridgehead atoms. The smallest absolute Gasteiger partial charge is 0.0927 e. The van der Waals surface area contributed by atoms with E-state index in [4.69, 9.17) is 5.26 Å². The lowest BCUT2D eigenvalue weighted by Gasteiger charge is -2.08. The Kier molecular flexibility index (Phi) is 4.12. The van der Waals surface area contributed by atoms with Gasteiger partial charge in [0.25, 0.3) is 0 Å². The summed E-state index contributed by atoms with van der Waals surface area (Å²) in [7, 11) is 0. The van der Waals surface area contributed by atoms with Crippen molar-refractivity contribution in [2.75, 3.05) is 0 Å². The minimum Gasteiger partial charge on any atom is -0.298 e. The van der Waals surface area contributed by atoms with Crippen molar-refractivity contribution in [3.05, 3.63) is 33.8 Å². The Bertz CT molecular complexity index is 355. The Hall–Kier alpha value is -0.850. The second-order valence-corrected chi connectivity index (χ2v) is 4.18. The second kappa shape index (κ2) is 5.14. The van der Waals surface area contributed by atoms with Gasteiger partial charge in [-0.25, -0.2) is 0 Å². The number of aryl methyl sites for hydroxylation is 1. The molecule has 0 amide bonds. The highest BCUT2D eigenvalue weighted by atomic mass is 79.9. The molecule has 1 N–H and O–H groups in total. The summed E-state index contributed by atoms with van der Waals surface area (Å²) in [5, 5.41) is 11.7. The fourth-order valence-corrected chi connectivity index (χ4v) is 1.74. The monoisotopic (exact) mass is 252 g/mol. The van der Waals surface area contributed by atoms with Crippen LogP contribution >= 0.6 is 15.9 Å². The number of halogens is 1. The zero-order valence-electron chi connectivity index (χ0n) is 8.34. The summed E-state index contributed by atoms with van der Waals surface area (Å²) in [6.07, 6.45) is 0. The molecule has 0 aliphatic rings. The topological polar surface area (TPSA) is 35.8 Å². The van der Waals surface area contributed by atoms with Crippen molar-refractivity contribution in [3.8, 4) is 6.07 Å². The van der Waals surface area contributed by atoms with E-state index >= 15 is 0 Å². The number of nitriles is 1. The van der Waals surface area contributed by atoms with Gasteiger partial charge < -0.3 is 0 Å². The molecule has 0 aliphatic carbocycles. The highest BCUT2D eigenvalue weighted by Crippen LogP contribution is 2.18. The van der Waals surface area contributed by atoms with Crippen LogP contribution < -0.4 is 5.32 Å². The van der Waals surface area contributed by atoms with Crippen LogP contribution in [0.4, 0.5) is 0 Å². The van der Waals surface area contributed by atoms with Crippen LogP contribution in [0.3, 0.4) is 0 Å². The summed E-state index contributed by atoms with van der Waals surface area (Å²) in [5.74, 6) is 0. The van der Waals surface area contributed by atoms with Gasteiger partial charge in [0.1, 0.15) is 0 Å². The maximum Gasteiger partial charge on any atom is 0.0927 e. The lowest BCUT2D eigenvalue weighted by Crippen LogP contribution is -2.23. The first-order valence-electron chi connectivity index (χ1n) is 4.51. The van der Waals surface area contributed by atoms with E-state index in [1.165, 1.54) is 11.1 Å². The van der Waals surface area contributed by atoms with Gasteiger partial charge in [0.2, 0.25) is 0 Å². The van der Waals surface area contributed by atoms with Crippen molar-refractivity contribution in [3.63, 3.8) is 0 Å². The van der Waals surface area contributed by atoms with Gasteiger partial charge >= 0.3 is 0 Å². The summed E-state index contributed by atoms with van der Waals surface area (Å²) < 4.78 is 1.09. The van der Waals surface area contributed by atoms with Gasteiger partial charge in [0.15, 0.2) is 0 Å². The van der Waals surface area contributed by atoms with E-state index in [1.807, 2.05) is 6.92 Å². The molecular formula is C11H13BrN2. The van der Waals surface area contributed by atoms with Crippen molar-refractivity contribution in [2.24, 2.45) is 0 Å². The third-order valence-corrected chi connectivity index (χ3v) is 2.74. The lowest BCUT2D eigenvalue weighted by molar-refractivity contribution is 0.641. The Labute approximate surface area is 93.1 Å². The molecule has 0 aromatic heterocycles. The van der Waals surface area contributed by atoms with Crippen molar-refractivity contribution in [1.29, 1.82) is 5.26 Å². The van der Waals surface area contributed by atoms with E-state index in [2.05, 4.69) is 52.4 Å². The van der Waals surface area contributed by atoms with Gasteiger partial charge in [-0.05, 0) is 31.0 Å². The van der Waals surface area contributed by atoms with Crippen molar-refractivity contribution >= 4 is 15.9 Å². The van der Waals surface area contributed by atoms with E-state index in [1.54, 1.807) is 0 Å². The molecule has 1 atom stereocenters. The van der Waals surface area contributed by atoms with Gasteiger partial charge in [0, 0.05) is 11.0 Å². The SMILES string of the molecule is Cc1ccc(CNC(C)C#N)c(Br)c1. The van der Waals surface area contributed by atoms with Crippen molar-refractivity contribution in [2.45, 2.75) is 26.4 Å². The zero-order valence-corrected chi connectivity index (χ0v) is 9.93. The van der Waals surface area contributed by atoms with Gasteiger partial charge in [-0.2, -0.15) is 5.26 Å². The van der Waals surface area contributed by atoms with Crippen LogP contribution in [0.5, 0.6) is 0 Å². The zero-order chi connectivity index (χ0) is 10.6. The quantitative estimate of drug-likeness (QED) is 0.899. The molecule has 1 aromatic carbocycles. The van der Waals surface area contributed by atoms with Crippen LogP contribution in [0.25, 0.3) is 0 Å². The molecule has 74 valence electrons. The normalized spacial score (nSPS) is 12.1. The summed E-state index contributed by atoms with van der Waals surface area (Å²) in [4.78, 5) is 0. The summed E-state index contributed by atoms with van der Waals surface area (Å²) in [5.41, 5.74) is 2.41. The molecule has 0 heterocycles. The fourth-order valence-electron chi connectivity index (χ4n) is 1.10. The first kappa shape index (κ1) is 11.2. The highest BCUT2D eigenvalue weighted by molar-refractivity contribution is 9.10. The van der Waals surface area contributed by atoms with Crippen LogP contribution in [0.15, 0.2) is 22.7 Å². The Morgan fingerprint density at radius 3 is 2.86 bits per heavy atom. The minimum absolute atomic E-state index is 0.108. The van der Waals surface area contributed by atoms with E-state index in [-0.39, 0.29) is 6.04 Å². The Morgan fingerprint density at radius 1 is 1.57 bits per heavy atom. The maximum atomic E-state index is 8.60. The van der Waals surface area contributed by atoms with Gasteiger partial charge in [-0.15, -0.1) is 0 Å². The third kappa shape index (κ3) is 3.13. The van der Waals surface area contributed by atoms with Crippen LogP contribution in [0.2, 0.25) is 0 Å². The summed E-state index contributed by atoms with van der Waals surface area (Å²) in [6.45, 7) is 4.62. The molecule has 1 unspecified atom stereocenters. The molecule has 1 rings (SSSR count). The molecule has 1 aromatic rings. The molecule has 0 saturated carbocycles.